The Bertz CT molecular complexity index is 220. The minimum absolute atomic E-state index is 1.12. The number of hydrogen-bond acceptors (Lipinski definition) is 1. The summed E-state index contributed by atoms with van der Waals surface area (Å²) < 4.78 is 0. The summed E-state index contributed by atoms with van der Waals surface area (Å²) >= 11 is 1.80. The molecule has 0 aromatic carbocycles. The van der Waals surface area contributed by atoms with Crippen LogP contribution in [0.25, 0.3) is 6.08 Å². The third kappa shape index (κ3) is 1.71. The molecule has 1 heteroatoms. The molecular formula is C9H12S. The van der Waals surface area contributed by atoms with Crippen molar-refractivity contribution in [3.63, 3.8) is 0 Å². The van der Waals surface area contributed by atoms with Crippen LogP contribution in [0.3, 0.4) is 0 Å². The largest absolute Gasteiger partial charge is 0.144 e. The Morgan fingerprint density at radius 2 is 2.40 bits per heavy atom. The summed E-state index contributed by atoms with van der Waals surface area (Å²) in [5.74, 6) is 0. The third-order valence-corrected chi connectivity index (χ3v) is 2.39. The molecular weight excluding hydrogens is 140 g/mol. The second kappa shape index (κ2) is 3.57. The average molecular weight is 152 g/mol. The number of rotatable bonds is 2. The SMILES string of the molecule is CCC=Cc1sccc1C. The van der Waals surface area contributed by atoms with Crippen molar-refractivity contribution in [2.75, 3.05) is 0 Å². The number of hydrogen-bond donors (Lipinski definition) is 0. The lowest BCUT2D eigenvalue weighted by atomic mass is 10.2. The molecule has 0 aliphatic rings. The molecule has 0 aliphatic heterocycles. The Kier molecular flexibility index (Phi) is 2.69. The van der Waals surface area contributed by atoms with E-state index in [9.17, 15) is 0 Å². The topological polar surface area (TPSA) is 0 Å². The van der Waals surface area contributed by atoms with E-state index in [0.717, 1.165) is 6.42 Å². The van der Waals surface area contributed by atoms with Gasteiger partial charge in [0.05, 0.1) is 0 Å². The molecule has 1 heterocycles. The molecule has 0 atom stereocenters. The lowest BCUT2D eigenvalue weighted by Crippen LogP contribution is -1.65. The van der Waals surface area contributed by atoms with Crippen LogP contribution in [0.5, 0.6) is 0 Å². The maximum Gasteiger partial charge on any atom is 0.0296 e. The van der Waals surface area contributed by atoms with Crippen LogP contribution >= 0.6 is 11.3 Å². The Morgan fingerprint density at radius 3 is 2.90 bits per heavy atom. The van der Waals surface area contributed by atoms with Crippen molar-refractivity contribution in [3.05, 3.63) is 28.0 Å². The second-order valence-corrected chi connectivity index (χ2v) is 3.23. The van der Waals surface area contributed by atoms with Crippen molar-refractivity contribution in [2.45, 2.75) is 20.3 Å². The van der Waals surface area contributed by atoms with Crippen LogP contribution in [0.4, 0.5) is 0 Å². The number of thiophene rings is 1. The van der Waals surface area contributed by atoms with Gasteiger partial charge in [-0.2, -0.15) is 0 Å². The van der Waals surface area contributed by atoms with Crippen molar-refractivity contribution in [1.82, 2.24) is 0 Å². The average Bonchev–Trinajstić information content (AvgIpc) is 2.31. The highest BCUT2D eigenvalue weighted by Crippen LogP contribution is 2.16. The van der Waals surface area contributed by atoms with Gasteiger partial charge in [-0.25, -0.2) is 0 Å². The Hall–Kier alpha value is -0.560. The van der Waals surface area contributed by atoms with Gasteiger partial charge in [-0.1, -0.05) is 13.0 Å². The first-order valence-corrected chi connectivity index (χ1v) is 4.43. The van der Waals surface area contributed by atoms with Crippen LogP contribution in [0.2, 0.25) is 0 Å². The van der Waals surface area contributed by atoms with E-state index in [2.05, 4.69) is 37.4 Å². The molecule has 0 bridgehead atoms. The molecule has 0 saturated carbocycles. The maximum absolute atomic E-state index is 2.19. The Labute approximate surface area is 66.2 Å². The first-order chi connectivity index (χ1) is 4.84. The van der Waals surface area contributed by atoms with E-state index in [-0.39, 0.29) is 0 Å². The van der Waals surface area contributed by atoms with Crippen molar-refractivity contribution < 1.29 is 0 Å². The smallest absolute Gasteiger partial charge is 0.0296 e. The highest BCUT2D eigenvalue weighted by Gasteiger charge is 1.91. The fraction of sp³-hybridized carbons (Fsp3) is 0.333. The van der Waals surface area contributed by atoms with Gasteiger partial charge in [0.15, 0.2) is 0 Å². The lowest BCUT2D eigenvalue weighted by molar-refractivity contribution is 1.23. The van der Waals surface area contributed by atoms with E-state index in [4.69, 9.17) is 0 Å². The van der Waals surface area contributed by atoms with E-state index in [1.54, 1.807) is 11.3 Å². The molecule has 0 nitrogen and oxygen atoms in total. The van der Waals surface area contributed by atoms with Gasteiger partial charge in [0, 0.05) is 4.88 Å². The van der Waals surface area contributed by atoms with Crippen LogP contribution in [-0.2, 0) is 0 Å². The van der Waals surface area contributed by atoms with Gasteiger partial charge in [-0.05, 0) is 36.4 Å². The van der Waals surface area contributed by atoms with Crippen LogP contribution < -0.4 is 0 Å². The summed E-state index contributed by atoms with van der Waals surface area (Å²) in [6.07, 6.45) is 5.51. The van der Waals surface area contributed by atoms with Crippen LogP contribution in [-0.4, -0.2) is 0 Å². The maximum atomic E-state index is 2.19. The van der Waals surface area contributed by atoms with Gasteiger partial charge >= 0.3 is 0 Å². The minimum atomic E-state index is 1.12. The van der Waals surface area contributed by atoms with Gasteiger partial charge in [0.1, 0.15) is 0 Å². The molecule has 0 unspecified atom stereocenters. The molecule has 54 valence electrons. The second-order valence-electron chi connectivity index (χ2n) is 2.28. The third-order valence-electron chi connectivity index (χ3n) is 1.41. The summed E-state index contributed by atoms with van der Waals surface area (Å²) in [7, 11) is 0. The van der Waals surface area contributed by atoms with E-state index in [0.29, 0.717) is 0 Å². The van der Waals surface area contributed by atoms with Gasteiger partial charge < -0.3 is 0 Å². The van der Waals surface area contributed by atoms with Crippen LogP contribution in [0.15, 0.2) is 17.5 Å². The molecule has 10 heavy (non-hydrogen) atoms. The van der Waals surface area contributed by atoms with E-state index < -0.39 is 0 Å². The van der Waals surface area contributed by atoms with E-state index in [1.807, 2.05) is 0 Å². The number of aryl methyl sites for hydroxylation is 1. The molecule has 0 spiro atoms. The van der Waals surface area contributed by atoms with Crippen molar-refractivity contribution in [3.8, 4) is 0 Å². The molecule has 0 radical (unpaired) electrons. The van der Waals surface area contributed by atoms with E-state index in [1.165, 1.54) is 10.4 Å². The van der Waals surface area contributed by atoms with Gasteiger partial charge in [-0.15, -0.1) is 11.3 Å². The Balaban J connectivity index is 2.74. The van der Waals surface area contributed by atoms with Crippen molar-refractivity contribution >= 4 is 17.4 Å². The summed E-state index contributed by atoms with van der Waals surface area (Å²) in [5, 5.41) is 2.13. The molecule has 1 aromatic heterocycles. The lowest BCUT2D eigenvalue weighted by Gasteiger charge is -1.86. The minimum Gasteiger partial charge on any atom is -0.144 e. The standard InChI is InChI=1S/C9H12S/c1-3-4-5-9-8(2)6-7-10-9/h4-7H,3H2,1-2H3. The summed E-state index contributed by atoms with van der Waals surface area (Å²) in [4.78, 5) is 1.39. The number of allylic oxidation sites excluding steroid dienone is 1. The molecule has 1 aromatic rings. The molecule has 0 aliphatic carbocycles. The highest BCUT2D eigenvalue weighted by atomic mass is 32.1. The summed E-state index contributed by atoms with van der Waals surface area (Å²) in [5.41, 5.74) is 1.38. The molecule has 1 rings (SSSR count). The molecule has 0 N–H and O–H groups in total. The normalized spacial score (nSPS) is 11.0. The predicted molar refractivity (Wildman–Crippen MR) is 48.4 cm³/mol. The Morgan fingerprint density at radius 1 is 1.60 bits per heavy atom. The van der Waals surface area contributed by atoms with Crippen molar-refractivity contribution in [2.24, 2.45) is 0 Å². The van der Waals surface area contributed by atoms with Crippen molar-refractivity contribution in [1.29, 1.82) is 0 Å². The quantitative estimate of drug-likeness (QED) is 0.608. The summed E-state index contributed by atoms with van der Waals surface area (Å²) in [6.45, 7) is 4.30. The molecule has 0 saturated heterocycles. The van der Waals surface area contributed by atoms with Gasteiger partial charge in [0.2, 0.25) is 0 Å². The molecule has 0 amide bonds. The zero-order chi connectivity index (χ0) is 7.40. The zero-order valence-electron chi connectivity index (χ0n) is 6.42. The van der Waals surface area contributed by atoms with Crippen LogP contribution in [0.1, 0.15) is 23.8 Å². The van der Waals surface area contributed by atoms with E-state index >= 15 is 0 Å². The monoisotopic (exact) mass is 152 g/mol. The first-order valence-electron chi connectivity index (χ1n) is 3.55. The first kappa shape index (κ1) is 7.55. The highest BCUT2D eigenvalue weighted by molar-refractivity contribution is 7.11. The predicted octanol–water partition coefficient (Wildman–Crippen LogP) is 3.48. The summed E-state index contributed by atoms with van der Waals surface area (Å²) in [6, 6.07) is 2.15. The fourth-order valence-electron chi connectivity index (χ4n) is 0.780. The van der Waals surface area contributed by atoms with Crippen LogP contribution in [0, 0.1) is 6.92 Å². The zero-order valence-corrected chi connectivity index (χ0v) is 7.24. The fourth-order valence-corrected chi connectivity index (χ4v) is 1.63. The van der Waals surface area contributed by atoms with Gasteiger partial charge in [-0.3, -0.25) is 0 Å². The molecule has 0 fully saturated rings. The van der Waals surface area contributed by atoms with Gasteiger partial charge in [0.25, 0.3) is 0 Å².